The van der Waals surface area contributed by atoms with Crippen LogP contribution in [0.2, 0.25) is 0 Å². The Morgan fingerprint density at radius 2 is 1.39 bits per heavy atom. The molecule has 0 aromatic carbocycles. The van der Waals surface area contributed by atoms with Crippen LogP contribution in [-0.4, -0.2) is 57.5 Å². The Hall–Kier alpha value is -0.430. The Morgan fingerprint density at radius 3 is 1.83 bits per heavy atom. The highest BCUT2D eigenvalue weighted by Crippen LogP contribution is 1.91. The molecule has 0 radical (unpaired) electrons. The van der Waals surface area contributed by atoms with Gasteiger partial charge in [0.05, 0.1) is 39.6 Å². The van der Waals surface area contributed by atoms with Crippen molar-refractivity contribution < 1.29 is 23.7 Å². The molecule has 0 aromatic rings. The zero-order valence-corrected chi connectivity index (χ0v) is 12.4. The molecule has 0 aliphatic rings. The van der Waals surface area contributed by atoms with Crippen LogP contribution in [0.25, 0.3) is 0 Å². The zero-order chi connectivity index (χ0) is 13.6. The van der Waals surface area contributed by atoms with Crippen molar-refractivity contribution in [3.63, 3.8) is 0 Å². The van der Waals surface area contributed by atoms with E-state index in [1.165, 1.54) is 0 Å². The zero-order valence-electron chi connectivity index (χ0n) is 10.8. The Balaban J connectivity index is 3.07. The molecule has 0 amide bonds. The second-order valence-corrected chi connectivity index (χ2v) is 4.24. The first-order valence-electron chi connectivity index (χ1n) is 5.80. The minimum absolute atomic E-state index is 0.236. The highest BCUT2D eigenvalue weighted by Gasteiger charge is 2.01. The minimum atomic E-state index is -0.390. The summed E-state index contributed by atoms with van der Waals surface area (Å²) in [4.78, 5) is 11.0. The molecule has 0 aliphatic carbocycles. The van der Waals surface area contributed by atoms with Crippen LogP contribution in [0.15, 0.2) is 12.2 Å². The van der Waals surface area contributed by atoms with Crippen LogP contribution < -0.4 is 0 Å². The number of ether oxygens (including phenoxy) is 4. The van der Waals surface area contributed by atoms with Crippen LogP contribution in [0.3, 0.4) is 0 Å². The number of carbonyl (C=O) groups excluding carboxylic acids is 1. The first-order valence-corrected chi connectivity index (χ1v) is 6.92. The summed E-state index contributed by atoms with van der Waals surface area (Å²) in [6, 6.07) is 0. The van der Waals surface area contributed by atoms with E-state index in [-0.39, 0.29) is 6.61 Å². The molecule has 0 atom stereocenters. The van der Waals surface area contributed by atoms with Gasteiger partial charge in [0.2, 0.25) is 0 Å². The van der Waals surface area contributed by atoms with Crippen molar-refractivity contribution in [1.29, 1.82) is 0 Å². The fourth-order valence-corrected chi connectivity index (χ4v) is 1.14. The van der Waals surface area contributed by atoms with E-state index in [4.69, 9.17) is 18.9 Å². The van der Waals surface area contributed by atoms with Gasteiger partial charge in [0.1, 0.15) is 6.61 Å². The van der Waals surface area contributed by atoms with E-state index in [1.54, 1.807) is 6.92 Å². The lowest BCUT2D eigenvalue weighted by Crippen LogP contribution is -2.14. The summed E-state index contributed by atoms with van der Waals surface area (Å²) in [5.74, 6) is -0.390. The van der Waals surface area contributed by atoms with Crippen LogP contribution in [0.5, 0.6) is 0 Å². The third kappa shape index (κ3) is 12.0. The molecule has 0 heterocycles. The van der Waals surface area contributed by atoms with E-state index in [0.717, 1.165) is 5.33 Å². The molecule has 0 saturated carbocycles. The standard InChI is InChI=1S/C12H21BrO5/c1-11(2)12(14)18-10-9-17-8-7-16-6-5-15-4-3-13/h1,3-10H2,2H3. The van der Waals surface area contributed by atoms with Gasteiger partial charge in [-0.2, -0.15) is 0 Å². The summed E-state index contributed by atoms with van der Waals surface area (Å²) in [5, 5.41) is 0.832. The molecule has 0 bridgehead atoms. The first-order chi connectivity index (χ1) is 8.68. The van der Waals surface area contributed by atoms with Crippen LogP contribution >= 0.6 is 15.9 Å². The maximum atomic E-state index is 11.0. The minimum Gasteiger partial charge on any atom is -0.460 e. The fourth-order valence-electron chi connectivity index (χ4n) is 0.913. The first kappa shape index (κ1) is 17.6. The molecule has 0 aliphatic heterocycles. The largest absolute Gasteiger partial charge is 0.460 e. The van der Waals surface area contributed by atoms with Gasteiger partial charge in [-0.15, -0.1) is 0 Å². The summed E-state index contributed by atoms with van der Waals surface area (Å²) in [6.45, 7) is 8.49. The normalized spacial score (nSPS) is 10.3. The van der Waals surface area contributed by atoms with E-state index in [0.29, 0.717) is 45.2 Å². The van der Waals surface area contributed by atoms with Gasteiger partial charge < -0.3 is 18.9 Å². The number of hydrogen-bond acceptors (Lipinski definition) is 5. The van der Waals surface area contributed by atoms with Crippen molar-refractivity contribution in [2.75, 3.05) is 51.6 Å². The Kier molecular flexibility index (Phi) is 12.7. The molecular weight excluding hydrogens is 304 g/mol. The van der Waals surface area contributed by atoms with Crippen molar-refractivity contribution in [3.05, 3.63) is 12.2 Å². The summed E-state index contributed by atoms with van der Waals surface area (Å²) in [6.07, 6.45) is 0. The lowest BCUT2D eigenvalue weighted by molar-refractivity contribution is -0.140. The highest BCUT2D eigenvalue weighted by molar-refractivity contribution is 9.09. The summed E-state index contributed by atoms with van der Waals surface area (Å²) < 4.78 is 20.5. The number of rotatable bonds is 12. The van der Waals surface area contributed by atoms with Crippen molar-refractivity contribution >= 4 is 21.9 Å². The maximum Gasteiger partial charge on any atom is 0.333 e. The maximum absolute atomic E-state index is 11.0. The van der Waals surface area contributed by atoms with Gasteiger partial charge in [0.15, 0.2) is 0 Å². The van der Waals surface area contributed by atoms with Gasteiger partial charge in [0, 0.05) is 10.9 Å². The van der Waals surface area contributed by atoms with E-state index < -0.39 is 5.97 Å². The van der Waals surface area contributed by atoms with Crippen LogP contribution in [0.1, 0.15) is 6.92 Å². The Labute approximate surface area is 117 Å². The number of alkyl halides is 1. The fraction of sp³-hybridized carbons (Fsp3) is 0.750. The number of esters is 1. The molecule has 0 N–H and O–H groups in total. The molecule has 6 heteroatoms. The van der Waals surface area contributed by atoms with Gasteiger partial charge in [-0.1, -0.05) is 22.5 Å². The number of hydrogen-bond donors (Lipinski definition) is 0. The van der Waals surface area contributed by atoms with E-state index >= 15 is 0 Å². The molecule has 0 unspecified atom stereocenters. The molecule has 0 aromatic heterocycles. The van der Waals surface area contributed by atoms with Gasteiger partial charge in [0.25, 0.3) is 0 Å². The smallest absolute Gasteiger partial charge is 0.333 e. The van der Waals surface area contributed by atoms with Gasteiger partial charge in [-0.05, 0) is 6.92 Å². The van der Waals surface area contributed by atoms with Crippen molar-refractivity contribution in [1.82, 2.24) is 0 Å². The van der Waals surface area contributed by atoms with E-state index in [1.807, 2.05) is 0 Å². The molecule has 0 saturated heterocycles. The lowest BCUT2D eigenvalue weighted by atomic mass is 10.4. The Morgan fingerprint density at radius 1 is 0.944 bits per heavy atom. The summed E-state index contributed by atoms with van der Waals surface area (Å²) in [7, 11) is 0. The molecule has 0 spiro atoms. The molecule has 106 valence electrons. The lowest BCUT2D eigenvalue weighted by Gasteiger charge is -2.07. The van der Waals surface area contributed by atoms with E-state index in [9.17, 15) is 4.79 Å². The van der Waals surface area contributed by atoms with Gasteiger partial charge >= 0.3 is 5.97 Å². The third-order valence-electron chi connectivity index (χ3n) is 1.77. The molecular formula is C12H21BrO5. The highest BCUT2D eigenvalue weighted by atomic mass is 79.9. The Bertz CT molecular complexity index is 233. The molecule has 0 fully saturated rings. The SMILES string of the molecule is C=C(C)C(=O)OCCOCCOCCOCCBr. The average molecular weight is 325 g/mol. The molecule has 0 rings (SSSR count). The van der Waals surface area contributed by atoms with Crippen molar-refractivity contribution in [2.24, 2.45) is 0 Å². The van der Waals surface area contributed by atoms with Crippen molar-refractivity contribution in [2.45, 2.75) is 6.92 Å². The second kappa shape index (κ2) is 13.0. The van der Waals surface area contributed by atoms with Crippen molar-refractivity contribution in [3.8, 4) is 0 Å². The number of halogens is 1. The topological polar surface area (TPSA) is 54.0 Å². The second-order valence-electron chi connectivity index (χ2n) is 3.44. The van der Waals surface area contributed by atoms with Gasteiger partial charge in [-0.3, -0.25) is 0 Å². The van der Waals surface area contributed by atoms with Crippen LogP contribution in [0, 0.1) is 0 Å². The predicted octanol–water partition coefficient (Wildman–Crippen LogP) is 1.55. The van der Waals surface area contributed by atoms with Crippen LogP contribution in [-0.2, 0) is 23.7 Å². The summed E-state index contributed by atoms with van der Waals surface area (Å²) in [5.41, 5.74) is 0.391. The van der Waals surface area contributed by atoms with E-state index in [2.05, 4.69) is 22.5 Å². The number of carbonyl (C=O) groups is 1. The van der Waals surface area contributed by atoms with Crippen LogP contribution in [0.4, 0.5) is 0 Å². The summed E-state index contributed by atoms with van der Waals surface area (Å²) >= 11 is 3.26. The third-order valence-corrected chi connectivity index (χ3v) is 2.10. The predicted molar refractivity (Wildman–Crippen MR) is 72.0 cm³/mol. The monoisotopic (exact) mass is 324 g/mol. The van der Waals surface area contributed by atoms with Gasteiger partial charge in [-0.25, -0.2) is 4.79 Å². The average Bonchev–Trinajstić information content (AvgIpc) is 2.35. The molecule has 18 heavy (non-hydrogen) atoms. The molecule has 5 nitrogen and oxygen atoms in total. The quantitative estimate of drug-likeness (QED) is 0.236.